The van der Waals surface area contributed by atoms with Crippen LogP contribution in [0.25, 0.3) is 10.8 Å². The van der Waals surface area contributed by atoms with E-state index in [1.165, 1.54) is 5.56 Å². The number of carbonyl (C=O) groups excluding carboxylic acids is 1. The molecule has 130 valence electrons. The number of ether oxygens (including phenoxy) is 1. The van der Waals surface area contributed by atoms with Crippen molar-refractivity contribution < 1.29 is 9.53 Å². The van der Waals surface area contributed by atoms with Gasteiger partial charge in [-0.3, -0.25) is 4.79 Å². The molecule has 0 aromatic heterocycles. The van der Waals surface area contributed by atoms with Gasteiger partial charge in [0.2, 0.25) is 5.91 Å². The van der Waals surface area contributed by atoms with Crippen molar-refractivity contribution >= 4 is 22.4 Å². The molecule has 1 aliphatic carbocycles. The average molecular weight is 344 g/mol. The second-order valence-electron chi connectivity index (χ2n) is 6.43. The zero-order chi connectivity index (χ0) is 17.9. The number of nitrogens with zero attached hydrogens (tertiary/aromatic N) is 1. The summed E-state index contributed by atoms with van der Waals surface area (Å²) >= 11 is 0. The van der Waals surface area contributed by atoms with Crippen LogP contribution in [0.4, 0.5) is 0 Å². The smallest absolute Gasteiger partial charge is 0.244 e. The molecule has 0 unspecified atom stereocenters. The molecule has 0 fully saturated rings. The highest BCUT2D eigenvalue weighted by atomic mass is 16.5. The Morgan fingerprint density at radius 3 is 2.81 bits per heavy atom. The minimum Gasteiger partial charge on any atom is -0.497 e. The molecule has 0 spiro atoms. The van der Waals surface area contributed by atoms with E-state index in [1.807, 2.05) is 48.5 Å². The number of hydrogen-bond donors (Lipinski definition) is 1. The zero-order valence-corrected chi connectivity index (χ0v) is 14.7. The molecule has 0 radical (unpaired) electrons. The zero-order valence-electron chi connectivity index (χ0n) is 14.7. The van der Waals surface area contributed by atoms with Gasteiger partial charge in [0.05, 0.1) is 19.2 Å². The van der Waals surface area contributed by atoms with Gasteiger partial charge in [0, 0.05) is 5.56 Å². The van der Waals surface area contributed by atoms with E-state index in [0.717, 1.165) is 46.2 Å². The Labute approximate surface area is 152 Å². The van der Waals surface area contributed by atoms with Gasteiger partial charge in [-0.2, -0.15) is 5.10 Å². The van der Waals surface area contributed by atoms with E-state index in [2.05, 4.69) is 22.7 Å². The van der Waals surface area contributed by atoms with E-state index in [-0.39, 0.29) is 5.91 Å². The van der Waals surface area contributed by atoms with Crippen LogP contribution in [0.15, 0.2) is 65.8 Å². The van der Waals surface area contributed by atoms with Crippen LogP contribution in [0.2, 0.25) is 0 Å². The summed E-state index contributed by atoms with van der Waals surface area (Å²) in [6, 6.07) is 20.1. The van der Waals surface area contributed by atoms with Gasteiger partial charge in [0.25, 0.3) is 0 Å². The van der Waals surface area contributed by atoms with Crippen LogP contribution in [0.1, 0.15) is 23.1 Å². The van der Waals surface area contributed by atoms with Crippen LogP contribution in [0.3, 0.4) is 0 Å². The summed E-state index contributed by atoms with van der Waals surface area (Å²) in [4.78, 5) is 12.4. The normalized spacial score (nSPS) is 14.4. The summed E-state index contributed by atoms with van der Waals surface area (Å²) < 4.78 is 5.26. The lowest BCUT2D eigenvalue weighted by Gasteiger charge is -2.07. The molecule has 0 saturated carbocycles. The maximum atomic E-state index is 12.4. The lowest BCUT2D eigenvalue weighted by Crippen LogP contribution is -2.21. The van der Waals surface area contributed by atoms with Crippen molar-refractivity contribution in [1.82, 2.24) is 5.43 Å². The highest BCUT2D eigenvalue weighted by Crippen LogP contribution is 2.26. The molecular weight excluding hydrogens is 324 g/mol. The van der Waals surface area contributed by atoms with Crippen LogP contribution >= 0.6 is 0 Å². The third-order valence-electron chi connectivity index (χ3n) is 4.80. The summed E-state index contributed by atoms with van der Waals surface area (Å²) in [5, 5.41) is 6.62. The lowest BCUT2D eigenvalue weighted by molar-refractivity contribution is -0.120. The predicted molar refractivity (Wildman–Crippen MR) is 104 cm³/mol. The Hall–Kier alpha value is -3.14. The van der Waals surface area contributed by atoms with Crippen molar-refractivity contribution in [2.45, 2.75) is 19.3 Å². The van der Waals surface area contributed by atoms with Gasteiger partial charge in [0.1, 0.15) is 5.75 Å². The largest absolute Gasteiger partial charge is 0.497 e. The molecule has 3 aromatic carbocycles. The summed E-state index contributed by atoms with van der Waals surface area (Å²) in [6.45, 7) is 0. The SMILES string of the molecule is COc1ccc2c(c1)CC/C2=N/NC(=O)Cc1cccc2ccccc12. The van der Waals surface area contributed by atoms with Crippen LogP contribution in [0.5, 0.6) is 5.75 Å². The van der Waals surface area contributed by atoms with Gasteiger partial charge < -0.3 is 4.74 Å². The van der Waals surface area contributed by atoms with Gasteiger partial charge in [0.15, 0.2) is 0 Å². The summed E-state index contributed by atoms with van der Waals surface area (Å²) in [5.74, 6) is 0.751. The molecule has 0 saturated heterocycles. The number of carbonyl (C=O) groups is 1. The fourth-order valence-electron chi connectivity index (χ4n) is 3.48. The first kappa shape index (κ1) is 16.3. The molecule has 4 rings (SSSR count). The number of nitrogens with one attached hydrogen (secondary N) is 1. The number of hydrazone groups is 1. The molecule has 1 aliphatic rings. The number of amides is 1. The molecular formula is C22H20N2O2. The van der Waals surface area contributed by atoms with Crippen molar-refractivity contribution in [3.63, 3.8) is 0 Å². The van der Waals surface area contributed by atoms with Gasteiger partial charge in [-0.05, 0) is 52.9 Å². The van der Waals surface area contributed by atoms with Crippen molar-refractivity contribution in [3.05, 3.63) is 77.4 Å². The fraction of sp³-hybridized carbons (Fsp3) is 0.182. The van der Waals surface area contributed by atoms with E-state index < -0.39 is 0 Å². The van der Waals surface area contributed by atoms with E-state index in [9.17, 15) is 4.79 Å². The average Bonchev–Trinajstić information content (AvgIpc) is 3.09. The van der Waals surface area contributed by atoms with E-state index in [1.54, 1.807) is 7.11 Å². The molecule has 1 N–H and O–H groups in total. The van der Waals surface area contributed by atoms with Crippen molar-refractivity contribution in [1.29, 1.82) is 0 Å². The second kappa shape index (κ2) is 7.00. The summed E-state index contributed by atoms with van der Waals surface area (Å²) in [5.41, 5.74) is 6.97. The lowest BCUT2D eigenvalue weighted by atomic mass is 10.0. The number of fused-ring (bicyclic) bond motifs is 2. The Balaban J connectivity index is 1.49. The van der Waals surface area contributed by atoms with Crippen LogP contribution in [-0.2, 0) is 17.6 Å². The highest BCUT2D eigenvalue weighted by molar-refractivity contribution is 6.05. The Kier molecular flexibility index (Phi) is 4.40. The maximum absolute atomic E-state index is 12.4. The van der Waals surface area contributed by atoms with Crippen LogP contribution in [-0.4, -0.2) is 18.7 Å². The molecule has 3 aromatic rings. The number of methoxy groups -OCH3 is 1. The minimum atomic E-state index is -0.101. The summed E-state index contributed by atoms with van der Waals surface area (Å²) in [7, 11) is 1.67. The molecule has 1 amide bonds. The quantitative estimate of drug-likeness (QED) is 0.731. The van der Waals surface area contributed by atoms with Gasteiger partial charge in [-0.15, -0.1) is 0 Å². The topological polar surface area (TPSA) is 50.7 Å². The molecule has 26 heavy (non-hydrogen) atoms. The number of rotatable bonds is 4. The molecule has 0 bridgehead atoms. The third-order valence-corrected chi connectivity index (χ3v) is 4.80. The van der Waals surface area contributed by atoms with Crippen LogP contribution in [0, 0.1) is 0 Å². The van der Waals surface area contributed by atoms with Gasteiger partial charge in [-0.1, -0.05) is 42.5 Å². The molecule has 0 heterocycles. The third kappa shape index (κ3) is 3.18. The standard InChI is InChI=1S/C22H20N2O2/c1-26-18-10-11-20-17(13-18)9-12-21(20)23-24-22(25)14-16-7-4-6-15-5-2-3-8-19(15)16/h2-8,10-11,13H,9,12,14H2,1H3,(H,24,25)/b23-21-. The van der Waals surface area contributed by atoms with E-state index in [4.69, 9.17) is 4.74 Å². The van der Waals surface area contributed by atoms with Crippen molar-refractivity contribution in [2.75, 3.05) is 7.11 Å². The monoisotopic (exact) mass is 344 g/mol. The number of benzene rings is 3. The fourth-order valence-corrected chi connectivity index (χ4v) is 3.48. The molecule has 0 aliphatic heterocycles. The molecule has 4 heteroatoms. The van der Waals surface area contributed by atoms with E-state index >= 15 is 0 Å². The number of hydrogen-bond acceptors (Lipinski definition) is 3. The predicted octanol–water partition coefficient (Wildman–Crippen LogP) is 3.86. The maximum Gasteiger partial charge on any atom is 0.244 e. The molecule has 0 atom stereocenters. The first-order valence-electron chi connectivity index (χ1n) is 8.74. The van der Waals surface area contributed by atoms with Crippen LogP contribution < -0.4 is 10.2 Å². The Morgan fingerprint density at radius 1 is 1.08 bits per heavy atom. The van der Waals surface area contributed by atoms with Gasteiger partial charge >= 0.3 is 0 Å². The van der Waals surface area contributed by atoms with E-state index in [0.29, 0.717) is 6.42 Å². The second-order valence-corrected chi connectivity index (χ2v) is 6.43. The first-order valence-corrected chi connectivity index (χ1v) is 8.74. The minimum absolute atomic E-state index is 0.101. The summed E-state index contributed by atoms with van der Waals surface area (Å²) in [6.07, 6.45) is 2.06. The highest BCUT2D eigenvalue weighted by Gasteiger charge is 2.18. The Morgan fingerprint density at radius 2 is 1.92 bits per heavy atom. The van der Waals surface area contributed by atoms with Gasteiger partial charge in [-0.25, -0.2) is 5.43 Å². The first-order chi connectivity index (χ1) is 12.7. The van der Waals surface area contributed by atoms with Crippen molar-refractivity contribution in [2.24, 2.45) is 5.10 Å². The Bertz CT molecular complexity index is 1000. The molecule has 4 nitrogen and oxygen atoms in total. The number of aryl methyl sites for hydroxylation is 1. The van der Waals surface area contributed by atoms with Crippen molar-refractivity contribution in [3.8, 4) is 5.75 Å².